The number of fused-ring (bicyclic) bond motifs is 3. The van der Waals surface area contributed by atoms with Crippen molar-refractivity contribution in [3.05, 3.63) is 64.7 Å². The number of amides is 4. The molecule has 2 aromatic carbocycles. The van der Waals surface area contributed by atoms with Gasteiger partial charge in [0.25, 0.3) is 5.91 Å². The number of primary amides is 1. The van der Waals surface area contributed by atoms with Crippen molar-refractivity contribution in [1.29, 1.82) is 0 Å². The molecule has 0 aromatic heterocycles. The van der Waals surface area contributed by atoms with Gasteiger partial charge in [0.2, 0.25) is 17.7 Å². The molecule has 0 spiro atoms. The molecule has 4 unspecified atom stereocenters. The molecule has 2 aromatic rings. The summed E-state index contributed by atoms with van der Waals surface area (Å²) >= 11 is 0. The molecule has 4 atom stereocenters. The van der Waals surface area contributed by atoms with Crippen LogP contribution in [0.2, 0.25) is 0 Å². The molecule has 2 bridgehead atoms. The third-order valence-electron chi connectivity index (χ3n) is 9.42. The van der Waals surface area contributed by atoms with Crippen LogP contribution in [0, 0.1) is 29.4 Å². The predicted molar refractivity (Wildman–Crippen MR) is 161 cm³/mol. The zero-order valence-electron chi connectivity index (χ0n) is 25.4. The summed E-state index contributed by atoms with van der Waals surface area (Å²) in [6, 6.07) is 8.10. The molecule has 236 valence electrons. The number of nitrogens with one attached hydrogen (secondary N) is 1. The van der Waals surface area contributed by atoms with E-state index in [4.69, 9.17) is 5.73 Å². The summed E-state index contributed by atoms with van der Waals surface area (Å²) in [6.45, 7) is 0.534. The number of benzene rings is 2. The van der Waals surface area contributed by atoms with Crippen LogP contribution in [0.3, 0.4) is 0 Å². The Labute approximate surface area is 256 Å². The highest BCUT2D eigenvalue weighted by Crippen LogP contribution is 2.49. The molecule has 44 heavy (non-hydrogen) atoms. The molecular formula is C33H41F2N5O4. The van der Waals surface area contributed by atoms with E-state index in [1.165, 1.54) is 35.1 Å². The SMILES string of the molecule is CN(C)CCN(CC(N)=O)C(=O)CCN1C(=O)c2cc(NC(=O)CC3CC4CCC3C4)ccc2CC1c1ccc(F)c(F)c1. The summed E-state index contributed by atoms with van der Waals surface area (Å²) in [5, 5.41) is 2.97. The Hall–Kier alpha value is -3.86. The van der Waals surface area contributed by atoms with Crippen molar-refractivity contribution in [3.63, 3.8) is 0 Å². The van der Waals surface area contributed by atoms with Crippen molar-refractivity contribution < 1.29 is 28.0 Å². The monoisotopic (exact) mass is 609 g/mol. The Balaban J connectivity index is 1.34. The Morgan fingerprint density at radius 3 is 2.48 bits per heavy atom. The van der Waals surface area contributed by atoms with Crippen molar-refractivity contribution >= 4 is 29.3 Å². The van der Waals surface area contributed by atoms with Crippen LogP contribution in [0.4, 0.5) is 14.5 Å². The number of nitrogens with zero attached hydrogens (tertiary/aromatic N) is 3. The quantitative estimate of drug-likeness (QED) is 0.381. The second-order valence-corrected chi connectivity index (χ2v) is 12.8. The Morgan fingerprint density at radius 2 is 1.82 bits per heavy atom. The maximum absolute atomic E-state index is 14.3. The molecule has 4 amide bonds. The predicted octanol–water partition coefficient (Wildman–Crippen LogP) is 3.73. The first kappa shape index (κ1) is 31.6. The molecule has 11 heteroatoms. The number of hydrogen-bond acceptors (Lipinski definition) is 5. The molecule has 3 aliphatic rings. The van der Waals surface area contributed by atoms with Gasteiger partial charge in [-0.05, 0) is 92.9 Å². The largest absolute Gasteiger partial charge is 0.368 e. The maximum Gasteiger partial charge on any atom is 0.254 e. The molecule has 0 radical (unpaired) electrons. The van der Waals surface area contributed by atoms with Gasteiger partial charge in [-0.1, -0.05) is 18.6 Å². The molecule has 2 fully saturated rings. The molecule has 0 saturated heterocycles. The number of hydrogen-bond donors (Lipinski definition) is 2. The normalized spacial score (nSPS) is 22.3. The van der Waals surface area contributed by atoms with Gasteiger partial charge in [0.15, 0.2) is 11.6 Å². The van der Waals surface area contributed by atoms with Crippen LogP contribution in [0.25, 0.3) is 0 Å². The van der Waals surface area contributed by atoms with Crippen LogP contribution in [0.5, 0.6) is 0 Å². The highest BCUT2D eigenvalue weighted by molar-refractivity contribution is 6.00. The van der Waals surface area contributed by atoms with Crippen LogP contribution in [0.1, 0.15) is 66.1 Å². The molecule has 1 aliphatic heterocycles. The van der Waals surface area contributed by atoms with Crippen LogP contribution >= 0.6 is 0 Å². The molecule has 9 nitrogen and oxygen atoms in total. The van der Waals surface area contributed by atoms with E-state index < -0.39 is 23.6 Å². The van der Waals surface area contributed by atoms with E-state index in [9.17, 15) is 28.0 Å². The Kier molecular flexibility index (Phi) is 9.62. The van der Waals surface area contributed by atoms with E-state index in [2.05, 4.69) is 5.32 Å². The number of rotatable bonds is 12. The van der Waals surface area contributed by atoms with Crippen LogP contribution in [-0.2, 0) is 20.8 Å². The van der Waals surface area contributed by atoms with E-state index in [0.717, 1.165) is 24.5 Å². The minimum atomic E-state index is -1.03. The standard InChI is InChI=1S/C33H41F2N5O4/c1-38(2)11-12-39(19-30(36)41)32(43)9-10-40-29(23-6-8-27(34)28(35)15-23)16-22-5-7-25(18-26(22)33(40)44)37-31(42)17-24-14-20-3-4-21(24)13-20/h5-8,15,18,20-21,24,29H,3-4,9-14,16-17,19H2,1-2H3,(H2,36,41)(H,37,42). The van der Waals surface area contributed by atoms with Gasteiger partial charge >= 0.3 is 0 Å². The minimum Gasteiger partial charge on any atom is -0.368 e. The lowest BCUT2D eigenvalue weighted by molar-refractivity contribution is -0.135. The van der Waals surface area contributed by atoms with E-state index in [0.29, 0.717) is 53.6 Å². The van der Waals surface area contributed by atoms with Crippen molar-refractivity contribution in [2.75, 3.05) is 45.6 Å². The van der Waals surface area contributed by atoms with Gasteiger partial charge in [-0.3, -0.25) is 19.2 Å². The lowest BCUT2D eigenvalue weighted by Crippen LogP contribution is -2.45. The summed E-state index contributed by atoms with van der Waals surface area (Å²) in [7, 11) is 3.69. The van der Waals surface area contributed by atoms with Gasteiger partial charge < -0.3 is 25.8 Å². The Morgan fingerprint density at radius 1 is 1.02 bits per heavy atom. The molecule has 3 N–H and O–H groups in total. The third kappa shape index (κ3) is 7.26. The van der Waals surface area contributed by atoms with Gasteiger partial charge in [-0.15, -0.1) is 0 Å². The van der Waals surface area contributed by atoms with E-state index >= 15 is 0 Å². The van der Waals surface area contributed by atoms with Crippen LogP contribution in [-0.4, -0.2) is 78.6 Å². The van der Waals surface area contributed by atoms with Crippen molar-refractivity contribution in [3.8, 4) is 0 Å². The van der Waals surface area contributed by atoms with Gasteiger partial charge in [0.1, 0.15) is 0 Å². The van der Waals surface area contributed by atoms with Gasteiger partial charge in [0, 0.05) is 43.7 Å². The van der Waals surface area contributed by atoms with Crippen LogP contribution in [0.15, 0.2) is 36.4 Å². The maximum atomic E-state index is 14.3. The highest BCUT2D eigenvalue weighted by atomic mass is 19.2. The number of likely N-dealkylation sites (N-methyl/N-ethyl adjacent to an activating group) is 1. The number of halogens is 2. The topological polar surface area (TPSA) is 116 Å². The number of carbonyl (C=O) groups is 4. The van der Waals surface area contributed by atoms with Crippen molar-refractivity contribution in [1.82, 2.24) is 14.7 Å². The van der Waals surface area contributed by atoms with Gasteiger partial charge in [0.05, 0.1) is 12.6 Å². The summed E-state index contributed by atoms with van der Waals surface area (Å²) in [5.41, 5.74) is 7.39. The molecule has 1 heterocycles. The summed E-state index contributed by atoms with van der Waals surface area (Å²) in [6.07, 6.45) is 5.47. The average Bonchev–Trinajstić information content (AvgIpc) is 3.59. The second-order valence-electron chi connectivity index (χ2n) is 12.8. The lowest BCUT2D eigenvalue weighted by atomic mass is 9.86. The fourth-order valence-electron chi connectivity index (χ4n) is 7.17. The second kappa shape index (κ2) is 13.4. The summed E-state index contributed by atoms with van der Waals surface area (Å²) < 4.78 is 28.1. The molecular weight excluding hydrogens is 568 g/mol. The number of anilines is 1. The fraction of sp³-hybridized carbons (Fsp3) is 0.515. The lowest BCUT2D eigenvalue weighted by Gasteiger charge is -2.37. The van der Waals surface area contributed by atoms with Crippen molar-refractivity contribution in [2.24, 2.45) is 23.5 Å². The van der Waals surface area contributed by atoms with Gasteiger partial charge in [-0.2, -0.15) is 0 Å². The minimum absolute atomic E-state index is 0.0151. The van der Waals surface area contributed by atoms with E-state index in [-0.39, 0.29) is 43.8 Å². The molecule has 2 aliphatic carbocycles. The third-order valence-corrected chi connectivity index (χ3v) is 9.42. The number of carbonyl (C=O) groups excluding carboxylic acids is 4. The first-order valence-corrected chi connectivity index (χ1v) is 15.4. The fourth-order valence-corrected chi connectivity index (χ4v) is 7.17. The smallest absolute Gasteiger partial charge is 0.254 e. The zero-order valence-corrected chi connectivity index (χ0v) is 25.4. The van der Waals surface area contributed by atoms with E-state index in [1.54, 1.807) is 18.2 Å². The summed E-state index contributed by atoms with van der Waals surface area (Å²) in [5.74, 6) is -1.69. The summed E-state index contributed by atoms with van der Waals surface area (Å²) in [4.78, 5) is 56.5. The van der Waals surface area contributed by atoms with Crippen molar-refractivity contribution in [2.45, 2.75) is 51.0 Å². The number of nitrogens with two attached hydrogens (primary N) is 1. The van der Waals surface area contributed by atoms with E-state index in [1.807, 2.05) is 19.0 Å². The first-order valence-electron chi connectivity index (χ1n) is 15.4. The highest BCUT2D eigenvalue weighted by Gasteiger charge is 2.40. The average molecular weight is 610 g/mol. The van der Waals surface area contributed by atoms with Crippen LogP contribution < -0.4 is 11.1 Å². The zero-order chi connectivity index (χ0) is 31.5. The molecule has 5 rings (SSSR count). The first-order chi connectivity index (χ1) is 21.0. The Bertz CT molecular complexity index is 1430. The molecule has 2 saturated carbocycles. The van der Waals surface area contributed by atoms with Gasteiger partial charge in [-0.25, -0.2) is 8.78 Å².